The van der Waals surface area contributed by atoms with E-state index in [1.165, 1.54) is 0 Å². The summed E-state index contributed by atoms with van der Waals surface area (Å²) in [7, 11) is 1.62. The molecule has 6 nitrogen and oxygen atoms in total. The number of hydrogen-bond donors (Lipinski definition) is 0. The van der Waals surface area contributed by atoms with Crippen LogP contribution in [0.15, 0.2) is 48.5 Å². The highest BCUT2D eigenvalue weighted by Gasteiger charge is 2.50. The molecule has 0 aliphatic carbocycles. The summed E-state index contributed by atoms with van der Waals surface area (Å²) in [6.45, 7) is 1.31. The second-order valence-electron chi connectivity index (χ2n) is 7.02. The van der Waals surface area contributed by atoms with Crippen LogP contribution in [0.1, 0.15) is 30.0 Å². The third-order valence-electron chi connectivity index (χ3n) is 5.26. The Balaban J connectivity index is 1.57. The summed E-state index contributed by atoms with van der Waals surface area (Å²) in [4.78, 5) is 14.7. The lowest BCUT2D eigenvalue weighted by atomic mass is 9.89. The molecule has 0 saturated carbocycles. The first kappa shape index (κ1) is 18.3. The number of hydrogen-bond acceptors (Lipinski definition) is 5. The Kier molecular flexibility index (Phi) is 5.18. The van der Waals surface area contributed by atoms with Crippen molar-refractivity contribution in [2.75, 3.05) is 20.3 Å². The van der Waals surface area contributed by atoms with E-state index in [4.69, 9.17) is 19.5 Å². The SMILES string of the molecule is COc1ccc([C@@H]2[C@@H](Oc3cccc(C#N)c3)C(=O)N2C[C@@H]2CCCO2)cc1. The monoisotopic (exact) mass is 378 g/mol. The van der Waals surface area contributed by atoms with Gasteiger partial charge in [-0.2, -0.15) is 5.26 Å². The zero-order chi connectivity index (χ0) is 19.5. The fourth-order valence-corrected chi connectivity index (χ4v) is 3.78. The van der Waals surface area contributed by atoms with Crippen molar-refractivity contribution in [3.63, 3.8) is 0 Å². The molecule has 6 heteroatoms. The van der Waals surface area contributed by atoms with Crippen molar-refractivity contribution in [3.8, 4) is 17.6 Å². The van der Waals surface area contributed by atoms with Crippen LogP contribution in [-0.2, 0) is 9.53 Å². The number of β-lactam (4-membered cyclic amide) rings is 1. The average Bonchev–Trinajstić information content (AvgIpc) is 3.26. The summed E-state index contributed by atoms with van der Waals surface area (Å²) < 4.78 is 17.0. The maximum Gasteiger partial charge on any atom is 0.266 e. The van der Waals surface area contributed by atoms with E-state index in [0.717, 1.165) is 30.8 Å². The second-order valence-corrected chi connectivity index (χ2v) is 7.02. The number of benzene rings is 2. The molecule has 0 radical (unpaired) electrons. The normalized spacial score (nSPS) is 23.8. The largest absolute Gasteiger partial charge is 0.497 e. The second kappa shape index (κ2) is 7.91. The number of ether oxygens (including phenoxy) is 3. The molecule has 2 aliphatic rings. The van der Waals surface area contributed by atoms with E-state index in [1.54, 1.807) is 31.4 Å². The van der Waals surface area contributed by atoms with Crippen LogP contribution < -0.4 is 9.47 Å². The van der Waals surface area contributed by atoms with E-state index >= 15 is 0 Å². The molecular weight excluding hydrogens is 356 g/mol. The van der Waals surface area contributed by atoms with Crippen molar-refractivity contribution in [1.82, 2.24) is 4.90 Å². The third kappa shape index (κ3) is 3.54. The summed E-state index contributed by atoms with van der Waals surface area (Å²) in [5.74, 6) is 1.23. The maximum absolute atomic E-state index is 12.9. The van der Waals surface area contributed by atoms with Gasteiger partial charge in [0.15, 0.2) is 0 Å². The molecule has 2 fully saturated rings. The summed E-state index contributed by atoms with van der Waals surface area (Å²) in [5.41, 5.74) is 1.49. The molecule has 1 amide bonds. The fraction of sp³-hybridized carbons (Fsp3) is 0.364. The van der Waals surface area contributed by atoms with Crippen LogP contribution in [0.3, 0.4) is 0 Å². The van der Waals surface area contributed by atoms with Gasteiger partial charge >= 0.3 is 0 Å². The lowest BCUT2D eigenvalue weighted by Crippen LogP contribution is -2.62. The molecule has 144 valence electrons. The molecule has 0 bridgehead atoms. The summed E-state index contributed by atoms with van der Waals surface area (Å²) >= 11 is 0. The Labute approximate surface area is 164 Å². The van der Waals surface area contributed by atoms with Gasteiger partial charge in [0.05, 0.1) is 24.8 Å². The van der Waals surface area contributed by atoms with Crippen molar-refractivity contribution in [1.29, 1.82) is 5.26 Å². The molecule has 0 unspecified atom stereocenters. The van der Waals surface area contributed by atoms with Gasteiger partial charge in [-0.05, 0) is 48.7 Å². The number of rotatable bonds is 6. The van der Waals surface area contributed by atoms with Crippen LogP contribution in [0, 0.1) is 11.3 Å². The highest BCUT2D eigenvalue weighted by Crippen LogP contribution is 2.39. The quantitative estimate of drug-likeness (QED) is 0.723. The van der Waals surface area contributed by atoms with Crippen molar-refractivity contribution in [2.45, 2.75) is 31.1 Å². The number of nitriles is 1. The van der Waals surface area contributed by atoms with Gasteiger partial charge in [-0.15, -0.1) is 0 Å². The Hall–Kier alpha value is -3.04. The van der Waals surface area contributed by atoms with Gasteiger partial charge in [-0.3, -0.25) is 4.79 Å². The molecule has 0 N–H and O–H groups in total. The molecule has 4 rings (SSSR count). The van der Waals surface area contributed by atoms with Gasteiger partial charge < -0.3 is 19.1 Å². The molecule has 28 heavy (non-hydrogen) atoms. The van der Waals surface area contributed by atoms with E-state index in [-0.39, 0.29) is 18.1 Å². The molecule has 2 aliphatic heterocycles. The molecule has 0 aromatic heterocycles. The number of nitrogens with zero attached hydrogens (tertiary/aromatic N) is 2. The van der Waals surface area contributed by atoms with E-state index in [0.29, 0.717) is 17.9 Å². The molecule has 3 atom stereocenters. The smallest absolute Gasteiger partial charge is 0.266 e. The zero-order valence-electron chi connectivity index (χ0n) is 15.7. The minimum Gasteiger partial charge on any atom is -0.497 e. The van der Waals surface area contributed by atoms with Crippen LogP contribution >= 0.6 is 0 Å². The molecule has 2 aromatic rings. The first-order valence-electron chi connectivity index (χ1n) is 9.42. The Morgan fingerprint density at radius 2 is 2.04 bits per heavy atom. The van der Waals surface area contributed by atoms with Crippen molar-refractivity contribution >= 4 is 5.91 Å². The fourth-order valence-electron chi connectivity index (χ4n) is 3.78. The predicted octanol–water partition coefficient (Wildman–Crippen LogP) is 3.08. The molecule has 2 aromatic carbocycles. The van der Waals surface area contributed by atoms with E-state index in [2.05, 4.69) is 6.07 Å². The first-order valence-corrected chi connectivity index (χ1v) is 9.42. The lowest BCUT2D eigenvalue weighted by Gasteiger charge is -2.47. The molecule has 2 saturated heterocycles. The third-order valence-corrected chi connectivity index (χ3v) is 5.26. The van der Waals surface area contributed by atoms with Crippen LogP contribution in [0.4, 0.5) is 0 Å². The van der Waals surface area contributed by atoms with Crippen LogP contribution in [0.5, 0.6) is 11.5 Å². The summed E-state index contributed by atoms with van der Waals surface area (Å²) in [6, 6.07) is 16.5. The van der Waals surface area contributed by atoms with E-state index < -0.39 is 6.10 Å². The molecule has 0 spiro atoms. The van der Waals surface area contributed by atoms with Gasteiger partial charge in [0.1, 0.15) is 17.5 Å². The van der Waals surface area contributed by atoms with Gasteiger partial charge in [-0.1, -0.05) is 18.2 Å². The van der Waals surface area contributed by atoms with Crippen LogP contribution in [0.25, 0.3) is 0 Å². The average molecular weight is 378 g/mol. The number of carbonyl (C=O) groups is 1. The standard InChI is InChI=1S/C22H22N2O4/c1-26-17-9-7-16(8-10-17)20-21(28-18-5-2-4-15(12-18)13-23)22(25)24(20)14-19-6-3-11-27-19/h2,4-5,7-10,12,19-21H,3,6,11,14H2,1H3/t19-,20+,21+/m0/s1. The first-order chi connectivity index (χ1) is 13.7. The number of amides is 1. The van der Waals surface area contributed by atoms with Crippen molar-refractivity contribution in [3.05, 3.63) is 59.7 Å². The molecule has 2 heterocycles. The van der Waals surface area contributed by atoms with Crippen molar-refractivity contribution in [2.24, 2.45) is 0 Å². The van der Waals surface area contributed by atoms with E-state index in [1.807, 2.05) is 29.2 Å². The van der Waals surface area contributed by atoms with Crippen LogP contribution in [0.2, 0.25) is 0 Å². The van der Waals surface area contributed by atoms with Gasteiger partial charge in [-0.25, -0.2) is 0 Å². The van der Waals surface area contributed by atoms with Gasteiger partial charge in [0.25, 0.3) is 5.91 Å². The Bertz CT molecular complexity index is 884. The van der Waals surface area contributed by atoms with Gasteiger partial charge in [0.2, 0.25) is 6.10 Å². The zero-order valence-corrected chi connectivity index (χ0v) is 15.7. The Morgan fingerprint density at radius 3 is 2.71 bits per heavy atom. The van der Waals surface area contributed by atoms with Crippen LogP contribution in [-0.4, -0.2) is 43.3 Å². The maximum atomic E-state index is 12.9. The molecular formula is C22H22N2O4. The Morgan fingerprint density at radius 1 is 1.21 bits per heavy atom. The number of likely N-dealkylation sites (tertiary alicyclic amines) is 1. The van der Waals surface area contributed by atoms with Crippen molar-refractivity contribution < 1.29 is 19.0 Å². The predicted molar refractivity (Wildman–Crippen MR) is 102 cm³/mol. The van der Waals surface area contributed by atoms with Gasteiger partial charge in [0, 0.05) is 13.2 Å². The highest BCUT2D eigenvalue weighted by molar-refractivity contribution is 5.89. The minimum atomic E-state index is -0.622. The summed E-state index contributed by atoms with van der Waals surface area (Å²) in [6.07, 6.45) is 1.45. The summed E-state index contributed by atoms with van der Waals surface area (Å²) in [5, 5.41) is 9.09. The highest BCUT2D eigenvalue weighted by atomic mass is 16.5. The topological polar surface area (TPSA) is 71.8 Å². The number of carbonyl (C=O) groups excluding carboxylic acids is 1. The lowest BCUT2D eigenvalue weighted by molar-refractivity contribution is -0.167. The number of methoxy groups -OCH3 is 1. The van der Waals surface area contributed by atoms with E-state index in [9.17, 15) is 4.79 Å². The minimum absolute atomic E-state index is 0.0568.